The molecule has 2 N–H and O–H groups in total. The van der Waals surface area contributed by atoms with Crippen molar-refractivity contribution in [3.63, 3.8) is 0 Å². The van der Waals surface area contributed by atoms with Gasteiger partial charge in [-0.05, 0) is 26.7 Å². The molecule has 1 aliphatic heterocycles. The lowest BCUT2D eigenvalue weighted by atomic mass is 9.97. The summed E-state index contributed by atoms with van der Waals surface area (Å²) in [6.07, 6.45) is 1.50. The number of hydrogen-bond acceptors (Lipinski definition) is 3. The number of carboxylic acids is 1. The second-order valence-corrected chi connectivity index (χ2v) is 4.64. The normalized spacial score (nSPS) is 27.5. The van der Waals surface area contributed by atoms with Crippen molar-refractivity contribution in [2.24, 2.45) is 11.8 Å². The van der Waals surface area contributed by atoms with Crippen LogP contribution in [0.4, 0.5) is 0 Å². The molecule has 4 unspecified atom stereocenters. The summed E-state index contributed by atoms with van der Waals surface area (Å²) >= 11 is 0. The Morgan fingerprint density at radius 1 is 1.47 bits per heavy atom. The van der Waals surface area contributed by atoms with Gasteiger partial charge in [0.2, 0.25) is 5.91 Å². The number of carboxylic acid groups (broad SMARTS) is 1. The van der Waals surface area contributed by atoms with Crippen LogP contribution < -0.4 is 5.32 Å². The van der Waals surface area contributed by atoms with E-state index in [-0.39, 0.29) is 24.0 Å². The maximum atomic E-state index is 12.0. The molecular formula is C12H21NO4. The van der Waals surface area contributed by atoms with Crippen LogP contribution in [0.5, 0.6) is 0 Å². The number of aliphatic carboxylic acids is 1. The van der Waals surface area contributed by atoms with Crippen LogP contribution in [0.15, 0.2) is 0 Å². The van der Waals surface area contributed by atoms with Gasteiger partial charge in [0.05, 0.1) is 17.9 Å². The van der Waals surface area contributed by atoms with E-state index in [1.807, 2.05) is 6.92 Å². The first-order valence-electron chi connectivity index (χ1n) is 6.12. The summed E-state index contributed by atoms with van der Waals surface area (Å²) < 4.78 is 5.45. The Balaban J connectivity index is 2.51. The number of nitrogens with one attached hydrogen (secondary N) is 1. The van der Waals surface area contributed by atoms with Gasteiger partial charge >= 0.3 is 5.97 Å². The summed E-state index contributed by atoms with van der Waals surface area (Å²) in [6, 6.07) is -0.363. The number of rotatable bonds is 5. The van der Waals surface area contributed by atoms with Crippen LogP contribution >= 0.6 is 0 Å². The summed E-state index contributed by atoms with van der Waals surface area (Å²) in [5, 5.41) is 11.6. The molecule has 0 aliphatic carbocycles. The highest BCUT2D eigenvalue weighted by Gasteiger charge is 2.34. The molecule has 0 saturated carbocycles. The molecule has 17 heavy (non-hydrogen) atoms. The van der Waals surface area contributed by atoms with E-state index in [1.54, 1.807) is 13.8 Å². The second kappa shape index (κ2) is 6.00. The highest BCUT2D eigenvalue weighted by molar-refractivity contribution is 5.80. The molecule has 0 aromatic rings. The first-order chi connectivity index (χ1) is 7.97. The van der Waals surface area contributed by atoms with Gasteiger partial charge in [0.1, 0.15) is 0 Å². The molecule has 1 heterocycles. The van der Waals surface area contributed by atoms with Crippen LogP contribution in [-0.2, 0) is 14.3 Å². The summed E-state index contributed by atoms with van der Waals surface area (Å²) in [6.45, 7) is 5.90. The van der Waals surface area contributed by atoms with E-state index in [0.717, 1.165) is 12.8 Å². The third-order valence-corrected chi connectivity index (χ3v) is 3.46. The van der Waals surface area contributed by atoms with E-state index in [4.69, 9.17) is 9.84 Å². The highest BCUT2D eigenvalue weighted by Crippen LogP contribution is 2.23. The SMILES string of the molecule is CCC1OCCC1C(=O)NC(C)C(C)C(=O)O. The fourth-order valence-corrected chi connectivity index (χ4v) is 2.02. The Morgan fingerprint density at radius 2 is 2.12 bits per heavy atom. The van der Waals surface area contributed by atoms with E-state index in [0.29, 0.717) is 6.61 Å². The molecule has 1 rings (SSSR count). The van der Waals surface area contributed by atoms with Gasteiger partial charge in [0, 0.05) is 12.6 Å². The second-order valence-electron chi connectivity index (χ2n) is 4.64. The van der Waals surface area contributed by atoms with E-state index in [1.165, 1.54) is 0 Å². The third-order valence-electron chi connectivity index (χ3n) is 3.46. The van der Waals surface area contributed by atoms with Crippen molar-refractivity contribution in [1.82, 2.24) is 5.32 Å². The third kappa shape index (κ3) is 3.43. The van der Waals surface area contributed by atoms with E-state index < -0.39 is 11.9 Å². The number of hydrogen-bond donors (Lipinski definition) is 2. The standard InChI is InChI=1S/C12H21NO4/c1-4-10-9(5-6-17-10)11(14)13-8(3)7(2)12(15)16/h7-10H,4-6H2,1-3H3,(H,13,14)(H,15,16). The molecule has 1 fully saturated rings. The quantitative estimate of drug-likeness (QED) is 0.756. The molecule has 5 nitrogen and oxygen atoms in total. The smallest absolute Gasteiger partial charge is 0.308 e. The zero-order valence-electron chi connectivity index (χ0n) is 10.6. The van der Waals surface area contributed by atoms with Crippen LogP contribution in [-0.4, -0.2) is 35.7 Å². The van der Waals surface area contributed by atoms with Gasteiger partial charge in [-0.15, -0.1) is 0 Å². The van der Waals surface area contributed by atoms with E-state index >= 15 is 0 Å². The van der Waals surface area contributed by atoms with E-state index in [9.17, 15) is 9.59 Å². The Hall–Kier alpha value is -1.10. The average Bonchev–Trinajstić information content (AvgIpc) is 2.75. The van der Waals surface area contributed by atoms with Gasteiger partial charge < -0.3 is 15.2 Å². The van der Waals surface area contributed by atoms with Crippen LogP contribution in [0.1, 0.15) is 33.6 Å². The Morgan fingerprint density at radius 3 is 2.65 bits per heavy atom. The molecule has 1 amide bonds. The van der Waals surface area contributed by atoms with Crippen molar-refractivity contribution in [3.8, 4) is 0 Å². The van der Waals surface area contributed by atoms with Crippen molar-refractivity contribution in [3.05, 3.63) is 0 Å². The minimum atomic E-state index is -0.896. The highest BCUT2D eigenvalue weighted by atomic mass is 16.5. The van der Waals surface area contributed by atoms with Crippen molar-refractivity contribution in [1.29, 1.82) is 0 Å². The van der Waals surface area contributed by atoms with Gasteiger partial charge in [0.15, 0.2) is 0 Å². The van der Waals surface area contributed by atoms with Crippen LogP contribution in [0.3, 0.4) is 0 Å². The summed E-state index contributed by atoms with van der Waals surface area (Å²) in [7, 11) is 0. The van der Waals surface area contributed by atoms with Gasteiger partial charge in [-0.2, -0.15) is 0 Å². The van der Waals surface area contributed by atoms with Crippen molar-refractivity contribution >= 4 is 11.9 Å². The Kier molecular flexibility index (Phi) is 4.93. The lowest BCUT2D eigenvalue weighted by molar-refractivity contribution is -0.142. The molecular weight excluding hydrogens is 222 g/mol. The predicted molar refractivity (Wildman–Crippen MR) is 62.5 cm³/mol. The fraction of sp³-hybridized carbons (Fsp3) is 0.833. The largest absolute Gasteiger partial charge is 0.481 e. The van der Waals surface area contributed by atoms with Gasteiger partial charge in [-0.25, -0.2) is 0 Å². The number of carbonyl (C=O) groups excluding carboxylic acids is 1. The lowest BCUT2D eigenvalue weighted by Crippen LogP contribution is -2.44. The molecule has 0 aromatic heterocycles. The molecule has 0 radical (unpaired) electrons. The first-order valence-corrected chi connectivity index (χ1v) is 6.12. The molecule has 98 valence electrons. The van der Waals surface area contributed by atoms with Gasteiger partial charge in [-0.3, -0.25) is 9.59 Å². The monoisotopic (exact) mass is 243 g/mol. The predicted octanol–water partition coefficient (Wildman–Crippen LogP) is 1.03. The van der Waals surface area contributed by atoms with Gasteiger partial charge in [-0.1, -0.05) is 6.92 Å². The minimum Gasteiger partial charge on any atom is -0.481 e. The van der Waals surface area contributed by atoms with E-state index in [2.05, 4.69) is 5.32 Å². The molecule has 1 saturated heterocycles. The number of amides is 1. The lowest BCUT2D eigenvalue weighted by Gasteiger charge is -2.22. The minimum absolute atomic E-state index is 0.0256. The average molecular weight is 243 g/mol. The van der Waals surface area contributed by atoms with Crippen molar-refractivity contribution in [2.75, 3.05) is 6.61 Å². The molecule has 0 spiro atoms. The zero-order chi connectivity index (χ0) is 13.0. The number of carbonyl (C=O) groups is 2. The van der Waals surface area contributed by atoms with Crippen LogP contribution in [0.25, 0.3) is 0 Å². The first kappa shape index (κ1) is 14.0. The van der Waals surface area contributed by atoms with Crippen molar-refractivity contribution in [2.45, 2.75) is 45.8 Å². The Labute approximate surface area is 102 Å². The van der Waals surface area contributed by atoms with Crippen LogP contribution in [0.2, 0.25) is 0 Å². The zero-order valence-corrected chi connectivity index (χ0v) is 10.6. The summed E-state index contributed by atoms with van der Waals surface area (Å²) in [5.41, 5.74) is 0. The summed E-state index contributed by atoms with van der Waals surface area (Å²) in [4.78, 5) is 22.8. The fourth-order valence-electron chi connectivity index (χ4n) is 2.02. The van der Waals surface area contributed by atoms with Gasteiger partial charge in [0.25, 0.3) is 0 Å². The van der Waals surface area contributed by atoms with Crippen molar-refractivity contribution < 1.29 is 19.4 Å². The topological polar surface area (TPSA) is 75.6 Å². The maximum absolute atomic E-state index is 12.0. The molecule has 1 aliphatic rings. The summed E-state index contributed by atoms with van der Waals surface area (Å²) in [5.74, 6) is -1.70. The molecule has 0 aromatic carbocycles. The molecule has 5 heteroatoms. The maximum Gasteiger partial charge on any atom is 0.308 e. The number of ether oxygens (including phenoxy) is 1. The van der Waals surface area contributed by atoms with Crippen LogP contribution in [0, 0.1) is 11.8 Å². The molecule has 4 atom stereocenters. The Bertz CT molecular complexity index is 292. The molecule has 0 bridgehead atoms.